The van der Waals surface area contributed by atoms with Gasteiger partial charge in [-0.05, 0) is 37.1 Å². The summed E-state index contributed by atoms with van der Waals surface area (Å²) in [6, 6.07) is 4.21. The van der Waals surface area contributed by atoms with Gasteiger partial charge in [-0.3, -0.25) is 0 Å². The minimum Gasteiger partial charge on any atom is -0.399 e. The van der Waals surface area contributed by atoms with E-state index in [4.69, 9.17) is 5.73 Å². The van der Waals surface area contributed by atoms with Crippen molar-refractivity contribution in [1.82, 2.24) is 0 Å². The van der Waals surface area contributed by atoms with E-state index >= 15 is 0 Å². The number of benzene rings is 1. The smallest absolute Gasteiger partial charge is 0.180 e. The lowest BCUT2D eigenvalue weighted by Crippen LogP contribution is -2.22. The molecule has 0 amide bonds. The molecule has 4 N–H and O–H groups in total. The molecule has 7 nitrogen and oxygen atoms in total. The van der Waals surface area contributed by atoms with E-state index in [1.54, 1.807) is 0 Å². The molecule has 2 unspecified atom stereocenters. The summed E-state index contributed by atoms with van der Waals surface area (Å²) < 4.78 is 47.1. The van der Waals surface area contributed by atoms with Gasteiger partial charge in [-0.1, -0.05) is 6.07 Å². The highest BCUT2D eigenvalue weighted by Gasteiger charge is 2.24. The summed E-state index contributed by atoms with van der Waals surface area (Å²) in [5, 5.41) is 18.5. The number of anilines is 1. The quantitative estimate of drug-likeness (QED) is 0.610. The van der Waals surface area contributed by atoms with Crippen LogP contribution in [0, 0.1) is 0 Å². The van der Waals surface area contributed by atoms with Crippen LogP contribution in [0.4, 0.5) is 5.69 Å². The SMILES string of the molecule is CC(O)S(=O)(=O)Cc1ccc(N)cc1CS(=O)(=O)C(C)O. The van der Waals surface area contributed by atoms with E-state index < -0.39 is 42.1 Å². The largest absolute Gasteiger partial charge is 0.399 e. The van der Waals surface area contributed by atoms with Crippen LogP contribution in [0.15, 0.2) is 18.2 Å². The fraction of sp³-hybridized carbons (Fsp3) is 0.500. The van der Waals surface area contributed by atoms with Crippen molar-refractivity contribution in [3.8, 4) is 0 Å². The summed E-state index contributed by atoms with van der Waals surface area (Å²) in [6.07, 6.45) is 0. The topological polar surface area (TPSA) is 135 Å². The van der Waals surface area contributed by atoms with E-state index in [1.807, 2.05) is 0 Å². The highest BCUT2D eigenvalue weighted by Crippen LogP contribution is 2.21. The monoisotopic (exact) mass is 337 g/mol. The van der Waals surface area contributed by atoms with Crippen LogP contribution in [-0.2, 0) is 31.2 Å². The summed E-state index contributed by atoms with van der Waals surface area (Å²) in [7, 11) is -7.63. The number of hydrogen-bond donors (Lipinski definition) is 3. The molecule has 1 rings (SSSR count). The normalized spacial score (nSPS) is 15.6. The molecule has 0 aliphatic carbocycles. The lowest BCUT2D eigenvalue weighted by Gasteiger charge is -2.14. The second-order valence-corrected chi connectivity index (χ2v) is 9.43. The molecule has 120 valence electrons. The first-order valence-corrected chi connectivity index (χ1v) is 9.55. The minimum atomic E-state index is -3.82. The lowest BCUT2D eigenvalue weighted by molar-refractivity contribution is 0.268. The zero-order valence-corrected chi connectivity index (χ0v) is 13.4. The number of nitrogen functional groups attached to an aromatic ring is 1. The molecule has 0 aliphatic heterocycles. The van der Waals surface area contributed by atoms with Crippen molar-refractivity contribution < 1.29 is 27.0 Å². The Bertz CT molecular complexity index is 707. The Balaban J connectivity index is 3.24. The number of nitrogens with two attached hydrogens (primary N) is 1. The van der Waals surface area contributed by atoms with Gasteiger partial charge >= 0.3 is 0 Å². The summed E-state index contributed by atoms with van der Waals surface area (Å²) in [4.78, 5) is 0. The highest BCUT2D eigenvalue weighted by molar-refractivity contribution is 7.91. The highest BCUT2D eigenvalue weighted by atomic mass is 32.2. The minimum absolute atomic E-state index is 0.195. The molecule has 9 heteroatoms. The van der Waals surface area contributed by atoms with Crippen LogP contribution in [0.1, 0.15) is 25.0 Å². The van der Waals surface area contributed by atoms with E-state index in [9.17, 15) is 27.0 Å². The third-order valence-electron chi connectivity index (χ3n) is 2.98. The first-order chi connectivity index (χ1) is 9.45. The Labute approximate surface area is 124 Å². The molecule has 0 spiro atoms. The second kappa shape index (κ2) is 6.30. The Morgan fingerprint density at radius 1 is 0.952 bits per heavy atom. The van der Waals surface area contributed by atoms with Gasteiger partial charge in [0.1, 0.15) is 0 Å². The maximum atomic E-state index is 11.8. The Kier molecular flexibility index (Phi) is 5.37. The zero-order chi connectivity index (χ0) is 16.4. The molecule has 0 aromatic heterocycles. The Hall–Kier alpha value is -1.16. The lowest BCUT2D eigenvalue weighted by atomic mass is 10.1. The van der Waals surface area contributed by atoms with Gasteiger partial charge in [0.25, 0.3) is 0 Å². The maximum absolute atomic E-state index is 11.8. The van der Waals surface area contributed by atoms with Crippen LogP contribution in [0.25, 0.3) is 0 Å². The summed E-state index contributed by atoms with van der Waals surface area (Å²) in [6.45, 7) is 2.24. The van der Waals surface area contributed by atoms with E-state index in [-0.39, 0.29) is 16.8 Å². The molecular formula is C12H19NO6S2. The molecule has 1 aromatic carbocycles. The molecule has 1 aromatic rings. The molecule has 0 radical (unpaired) electrons. The second-order valence-electron chi connectivity index (χ2n) is 4.84. The molecular weight excluding hydrogens is 318 g/mol. The molecule has 2 atom stereocenters. The van der Waals surface area contributed by atoms with E-state index in [2.05, 4.69) is 0 Å². The van der Waals surface area contributed by atoms with Crippen molar-refractivity contribution in [3.05, 3.63) is 29.3 Å². The van der Waals surface area contributed by atoms with Crippen molar-refractivity contribution in [2.45, 2.75) is 36.2 Å². The number of aliphatic hydroxyl groups excluding tert-OH is 2. The molecule has 0 aliphatic rings. The van der Waals surface area contributed by atoms with Gasteiger partial charge in [0.2, 0.25) is 0 Å². The van der Waals surface area contributed by atoms with Gasteiger partial charge in [-0.2, -0.15) is 0 Å². The standard InChI is InChI=1S/C12H19NO6S2/c1-8(14)20(16,17)6-10-3-4-12(13)5-11(10)7-21(18,19)9(2)15/h3-5,8-9,14-15H,6-7,13H2,1-2H3. The fourth-order valence-corrected chi connectivity index (χ4v) is 3.50. The van der Waals surface area contributed by atoms with Crippen LogP contribution < -0.4 is 5.73 Å². The van der Waals surface area contributed by atoms with Gasteiger partial charge in [-0.15, -0.1) is 0 Å². The van der Waals surface area contributed by atoms with Gasteiger partial charge in [0.15, 0.2) is 30.5 Å². The van der Waals surface area contributed by atoms with Gasteiger partial charge in [0, 0.05) is 5.69 Å². The van der Waals surface area contributed by atoms with Crippen LogP contribution in [0.5, 0.6) is 0 Å². The summed E-state index contributed by atoms with van der Waals surface area (Å²) in [5.74, 6) is -1.03. The van der Waals surface area contributed by atoms with Crippen molar-refractivity contribution in [2.24, 2.45) is 0 Å². The average Bonchev–Trinajstić information content (AvgIpc) is 2.31. The first kappa shape index (κ1) is 17.9. The van der Waals surface area contributed by atoms with Crippen molar-refractivity contribution in [3.63, 3.8) is 0 Å². The molecule has 0 saturated carbocycles. The van der Waals surface area contributed by atoms with Gasteiger partial charge in [-0.25, -0.2) is 16.8 Å². The zero-order valence-electron chi connectivity index (χ0n) is 11.7. The number of hydrogen-bond acceptors (Lipinski definition) is 7. The van der Waals surface area contributed by atoms with Crippen LogP contribution in [-0.4, -0.2) is 37.9 Å². The predicted molar refractivity (Wildman–Crippen MR) is 79.5 cm³/mol. The fourth-order valence-electron chi connectivity index (χ4n) is 1.60. The number of aliphatic hydroxyl groups is 2. The maximum Gasteiger partial charge on any atom is 0.180 e. The Morgan fingerprint density at radius 2 is 1.38 bits per heavy atom. The molecule has 0 saturated heterocycles. The van der Waals surface area contributed by atoms with Crippen molar-refractivity contribution in [2.75, 3.05) is 5.73 Å². The van der Waals surface area contributed by atoms with E-state index in [1.165, 1.54) is 18.2 Å². The third-order valence-corrected chi connectivity index (χ3v) is 6.49. The number of rotatable bonds is 6. The molecule has 0 fully saturated rings. The predicted octanol–water partition coefficient (Wildman–Crippen LogP) is -0.225. The van der Waals surface area contributed by atoms with Crippen molar-refractivity contribution in [1.29, 1.82) is 0 Å². The van der Waals surface area contributed by atoms with Crippen LogP contribution in [0.2, 0.25) is 0 Å². The third kappa shape index (κ3) is 4.67. The molecule has 0 bridgehead atoms. The average molecular weight is 337 g/mol. The van der Waals surface area contributed by atoms with Crippen LogP contribution in [0.3, 0.4) is 0 Å². The van der Waals surface area contributed by atoms with E-state index in [0.29, 0.717) is 0 Å². The summed E-state index contributed by atoms with van der Waals surface area (Å²) >= 11 is 0. The Morgan fingerprint density at radius 3 is 1.81 bits per heavy atom. The van der Waals surface area contributed by atoms with Crippen molar-refractivity contribution >= 4 is 25.4 Å². The van der Waals surface area contributed by atoms with Crippen LogP contribution >= 0.6 is 0 Å². The van der Waals surface area contributed by atoms with E-state index in [0.717, 1.165) is 13.8 Å². The van der Waals surface area contributed by atoms with Gasteiger partial charge < -0.3 is 15.9 Å². The molecule has 0 heterocycles. The summed E-state index contributed by atoms with van der Waals surface area (Å²) in [5.41, 5.74) is 3.17. The molecule has 21 heavy (non-hydrogen) atoms. The first-order valence-electron chi connectivity index (χ1n) is 6.12. The van der Waals surface area contributed by atoms with Gasteiger partial charge in [0.05, 0.1) is 11.5 Å². The number of sulfone groups is 2.